The van der Waals surface area contributed by atoms with Gasteiger partial charge in [-0.15, -0.1) is 5.10 Å². The fourth-order valence-corrected chi connectivity index (χ4v) is 2.24. The minimum atomic E-state index is 0.267. The first kappa shape index (κ1) is 13.8. The molecule has 0 bridgehead atoms. The van der Waals surface area contributed by atoms with Gasteiger partial charge in [0.1, 0.15) is 12.0 Å². The molecule has 0 radical (unpaired) electrons. The predicted octanol–water partition coefficient (Wildman–Crippen LogP) is 2.63. The van der Waals surface area contributed by atoms with Gasteiger partial charge in [0, 0.05) is 10.7 Å². The van der Waals surface area contributed by atoms with E-state index in [-0.39, 0.29) is 5.69 Å². The average Bonchev–Trinajstić information content (AvgIpc) is 3.08. The normalized spacial score (nSPS) is 10.8. The molecule has 0 saturated carbocycles. The topological polar surface area (TPSA) is 65.6 Å². The maximum absolute atomic E-state index is 10.6. The van der Waals surface area contributed by atoms with Crippen LogP contribution in [-0.4, -0.2) is 30.8 Å². The Labute approximate surface area is 129 Å². The fraction of sp³-hybridized carbons (Fsp3) is 0.0769. The standard InChI is InChI=1S/C13H9Cl2N5O/c14-9-1-3-11(4-2-9)20-8-16-13(15)12(20)6-19-5-10(7-21)17-18-19/h1-5,7-8H,6H2. The van der Waals surface area contributed by atoms with Crippen LogP contribution in [0.1, 0.15) is 16.2 Å². The Hall–Kier alpha value is -2.18. The third kappa shape index (κ3) is 2.81. The minimum absolute atomic E-state index is 0.267. The van der Waals surface area contributed by atoms with Gasteiger partial charge >= 0.3 is 0 Å². The smallest absolute Gasteiger partial charge is 0.171 e. The Morgan fingerprint density at radius 3 is 2.62 bits per heavy atom. The van der Waals surface area contributed by atoms with Crippen LogP contribution in [0.3, 0.4) is 0 Å². The number of halogens is 2. The zero-order valence-electron chi connectivity index (χ0n) is 10.6. The minimum Gasteiger partial charge on any atom is -0.300 e. The van der Waals surface area contributed by atoms with Gasteiger partial charge in [0.2, 0.25) is 0 Å². The van der Waals surface area contributed by atoms with Crippen molar-refractivity contribution in [3.8, 4) is 5.69 Å². The second kappa shape index (κ2) is 5.67. The highest BCUT2D eigenvalue weighted by atomic mass is 35.5. The van der Waals surface area contributed by atoms with Crippen LogP contribution < -0.4 is 0 Å². The molecule has 106 valence electrons. The van der Waals surface area contributed by atoms with E-state index in [9.17, 15) is 4.79 Å². The summed E-state index contributed by atoms with van der Waals surface area (Å²) in [5.41, 5.74) is 1.88. The lowest BCUT2D eigenvalue weighted by Crippen LogP contribution is -2.07. The summed E-state index contributed by atoms with van der Waals surface area (Å²) in [4.78, 5) is 14.7. The monoisotopic (exact) mass is 321 g/mol. The van der Waals surface area contributed by atoms with Crippen LogP contribution in [0.25, 0.3) is 5.69 Å². The van der Waals surface area contributed by atoms with E-state index in [1.54, 1.807) is 24.7 Å². The zero-order chi connectivity index (χ0) is 14.8. The molecule has 0 atom stereocenters. The molecule has 2 aromatic heterocycles. The molecule has 21 heavy (non-hydrogen) atoms. The summed E-state index contributed by atoms with van der Waals surface area (Å²) in [7, 11) is 0. The molecular formula is C13H9Cl2N5O. The Bertz CT molecular complexity index is 778. The van der Waals surface area contributed by atoms with Gasteiger partial charge in [-0.25, -0.2) is 9.67 Å². The van der Waals surface area contributed by atoms with Crippen LogP contribution in [0.5, 0.6) is 0 Å². The number of hydrogen-bond donors (Lipinski definition) is 0. The molecule has 0 amide bonds. The van der Waals surface area contributed by atoms with E-state index in [4.69, 9.17) is 23.2 Å². The van der Waals surface area contributed by atoms with Gasteiger partial charge in [-0.2, -0.15) is 0 Å². The number of carbonyl (C=O) groups excluding carboxylic acids is 1. The summed E-state index contributed by atoms with van der Waals surface area (Å²) in [6.07, 6.45) is 3.81. The number of rotatable bonds is 4. The summed E-state index contributed by atoms with van der Waals surface area (Å²) in [6, 6.07) is 7.30. The summed E-state index contributed by atoms with van der Waals surface area (Å²) in [6.45, 7) is 0.350. The second-order valence-corrected chi connectivity index (χ2v) is 5.08. The first-order valence-electron chi connectivity index (χ1n) is 6.00. The van der Waals surface area contributed by atoms with Crippen LogP contribution >= 0.6 is 23.2 Å². The molecule has 0 saturated heterocycles. The molecule has 3 aromatic rings. The van der Waals surface area contributed by atoms with Crippen molar-refractivity contribution < 1.29 is 4.79 Å². The molecule has 0 aliphatic heterocycles. The van der Waals surface area contributed by atoms with Gasteiger partial charge < -0.3 is 0 Å². The number of carbonyl (C=O) groups is 1. The Morgan fingerprint density at radius 1 is 1.19 bits per heavy atom. The quantitative estimate of drug-likeness (QED) is 0.693. The molecule has 1 aromatic carbocycles. The molecule has 0 aliphatic rings. The number of nitrogens with zero attached hydrogens (tertiary/aromatic N) is 5. The molecule has 0 spiro atoms. The van der Waals surface area contributed by atoms with E-state index in [2.05, 4.69) is 15.3 Å². The molecule has 2 heterocycles. The Balaban J connectivity index is 1.96. The average molecular weight is 322 g/mol. The van der Waals surface area contributed by atoms with Crippen molar-refractivity contribution in [3.63, 3.8) is 0 Å². The van der Waals surface area contributed by atoms with Gasteiger partial charge in [0.25, 0.3) is 0 Å². The lowest BCUT2D eigenvalue weighted by atomic mass is 10.3. The highest BCUT2D eigenvalue weighted by Crippen LogP contribution is 2.21. The summed E-state index contributed by atoms with van der Waals surface area (Å²) in [5, 5.41) is 8.60. The van der Waals surface area contributed by atoms with Gasteiger partial charge in [-0.3, -0.25) is 9.36 Å². The van der Waals surface area contributed by atoms with Crippen LogP contribution in [0.2, 0.25) is 10.2 Å². The first-order valence-corrected chi connectivity index (χ1v) is 6.76. The Kier molecular flexibility index (Phi) is 3.72. The van der Waals surface area contributed by atoms with Crippen LogP contribution in [0, 0.1) is 0 Å². The van der Waals surface area contributed by atoms with Crippen LogP contribution in [0.15, 0.2) is 36.8 Å². The lowest BCUT2D eigenvalue weighted by Gasteiger charge is -2.08. The van der Waals surface area contributed by atoms with Crippen LogP contribution in [0.4, 0.5) is 0 Å². The van der Waals surface area contributed by atoms with Crippen molar-refractivity contribution in [3.05, 3.63) is 58.4 Å². The van der Waals surface area contributed by atoms with Gasteiger partial charge in [0.15, 0.2) is 11.4 Å². The Morgan fingerprint density at radius 2 is 1.95 bits per heavy atom. The van der Waals surface area contributed by atoms with Gasteiger partial charge in [-0.1, -0.05) is 28.4 Å². The predicted molar refractivity (Wildman–Crippen MR) is 78.1 cm³/mol. The molecular weight excluding hydrogens is 313 g/mol. The van der Waals surface area contributed by atoms with Crippen molar-refractivity contribution in [2.24, 2.45) is 0 Å². The van der Waals surface area contributed by atoms with Crippen LogP contribution in [-0.2, 0) is 6.54 Å². The SMILES string of the molecule is O=Cc1cn(Cc2c(Cl)ncn2-c2ccc(Cl)cc2)nn1. The lowest BCUT2D eigenvalue weighted by molar-refractivity contribution is 0.111. The van der Waals surface area contributed by atoms with Crippen molar-refractivity contribution >= 4 is 29.5 Å². The fourth-order valence-electron chi connectivity index (χ4n) is 1.92. The number of hydrogen-bond acceptors (Lipinski definition) is 4. The summed E-state index contributed by atoms with van der Waals surface area (Å²) >= 11 is 12.0. The van der Waals surface area contributed by atoms with Crippen molar-refractivity contribution in [2.75, 3.05) is 0 Å². The van der Waals surface area contributed by atoms with E-state index >= 15 is 0 Å². The van der Waals surface area contributed by atoms with E-state index in [1.807, 2.05) is 16.7 Å². The van der Waals surface area contributed by atoms with E-state index in [1.165, 1.54) is 4.68 Å². The number of imidazole rings is 1. The molecule has 0 unspecified atom stereocenters. The molecule has 0 fully saturated rings. The maximum atomic E-state index is 10.6. The van der Waals surface area contributed by atoms with Crippen molar-refractivity contribution in [1.82, 2.24) is 24.5 Å². The van der Waals surface area contributed by atoms with E-state index < -0.39 is 0 Å². The highest BCUT2D eigenvalue weighted by molar-refractivity contribution is 6.30. The van der Waals surface area contributed by atoms with E-state index in [0.717, 1.165) is 11.4 Å². The van der Waals surface area contributed by atoms with Gasteiger partial charge in [-0.05, 0) is 24.3 Å². The molecule has 6 nitrogen and oxygen atoms in total. The summed E-state index contributed by atoms with van der Waals surface area (Å²) in [5.74, 6) is 0. The molecule has 8 heteroatoms. The van der Waals surface area contributed by atoms with E-state index in [0.29, 0.717) is 23.0 Å². The largest absolute Gasteiger partial charge is 0.300 e. The van der Waals surface area contributed by atoms with Crippen molar-refractivity contribution in [1.29, 1.82) is 0 Å². The third-order valence-corrected chi connectivity index (χ3v) is 3.48. The zero-order valence-corrected chi connectivity index (χ0v) is 12.2. The number of aldehydes is 1. The highest BCUT2D eigenvalue weighted by Gasteiger charge is 2.12. The van der Waals surface area contributed by atoms with Gasteiger partial charge in [0.05, 0.1) is 18.4 Å². The van der Waals surface area contributed by atoms with Crippen molar-refractivity contribution in [2.45, 2.75) is 6.54 Å². The first-order chi connectivity index (χ1) is 10.2. The number of benzene rings is 1. The molecule has 0 aliphatic carbocycles. The maximum Gasteiger partial charge on any atom is 0.171 e. The second-order valence-electron chi connectivity index (χ2n) is 4.29. The third-order valence-electron chi connectivity index (χ3n) is 2.91. The molecule has 0 N–H and O–H groups in total. The number of aromatic nitrogens is 5. The summed E-state index contributed by atoms with van der Waals surface area (Å²) < 4.78 is 3.36. The molecule has 3 rings (SSSR count).